The van der Waals surface area contributed by atoms with Crippen LogP contribution in [0.3, 0.4) is 0 Å². The van der Waals surface area contributed by atoms with E-state index in [4.69, 9.17) is 0 Å². The van der Waals surface area contributed by atoms with Crippen molar-refractivity contribution in [3.8, 4) is 33.4 Å². The maximum Gasteiger partial charge on any atom is 0.0689 e. The van der Waals surface area contributed by atoms with Gasteiger partial charge in [0.25, 0.3) is 0 Å². The van der Waals surface area contributed by atoms with Crippen molar-refractivity contribution < 1.29 is 0 Å². The van der Waals surface area contributed by atoms with Gasteiger partial charge in [-0.3, -0.25) is 0 Å². The zero-order chi connectivity index (χ0) is 45.2. The van der Waals surface area contributed by atoms with Gasteiger partial charge >= 0.3 is 0 Å². The number of hydrogen-bond donors (Lipinski definition) is 1. The molecule has 326 valence electrons. The molecule has 3 atom stereocenters. The predicted molar refractivity (Wildman–Crippen MR) is 286 cm³/mol. The Hall–Kier alpha value is -7.94. The minimum atomic E-state index is -0.340. The van der Waals surface area contributed by atoms with Crippen LogP contribution < -0.4 is 10.2 Å². The normalized spacial score (nSPS) is 19.1. The van der Waals surface area contributed by atoms with E-state index in [1.807, 2.05) is 0 Å². The third kappa shape index (κ3) is 6.46. The average molecular weight is 873 g/mol. The van der Waals surface area contributed by atoms with Crippen LogP contribution in [0.15, 0.2) is 230 Å². The van der Waals surface area contributed by atoms with E-state index in [0.717, 1.165) is 48.4 Å². The highest BCUT2D eigenvalue weighted by molar-refractivity contribution is 5.98. The fourth-order valence-corrected chi connectivity index (χ4v) is 12.2. The van der Waals surface area contributed by atoms with Crippen molar-refractivity contribution in [1.82, 2.24) is 0 Å². The lowest BCUT2D eigenvalue weighted by molar-refractivity contribution is 0.634. The summed E-state index contributed by atoms with van der Waals surface area (Å²) in [7, 11) is 0. The molecule has 0 aliphatic heterocycles. The highest BCUT2D eigenvalue weighted by atomic mass is 15.1. The molecule has 0 aromatic heterocycles. The summed E-state index contributed by atoms with van der Waals surface area (Å²) < 4.78 is 0. The van der Waals surface area contributed by atoms with Gasteiger partial charge in [0.1, 0.15) is 0 Å². The Morgan fingerprint density at radius 1 is 0.500 bits per heavy atom. The number of allylic oxidation sites excluding steroid dienone is 9. The quantitative estimate of drug-likeness (QED) is 0.164. The molecule has 68 heavy (non-hydrogen) atoms. The maximum atomic E-state index is 3.85. The Bertz CT molecular complexity index is 3420. The van der Waals surface area contributed by atoms with Crippen LogP contribution >= 0.6 is 0 Å². The minimum absolute atomic E-state index is 0.326. The first-order valence-corrected chi connectivity index (χ1v) is 24.5. The Morgan fingerprint density at radius 3 is 1.82 bits per heavy atom. The van der Waals surface area contributed by atoms with Crippen LogP contribution in [0, 0.1) is 5.92 Å². The second-order valence-electron chi connectivity index (χ2n) is 19.1. The van der Waals surface area contributed by atoms with E-state index in [0.29, 0.717) is 11.8 Å². The minimum Gasteiger partial charge on any atom is -0.355 e. The number of nitrogens with zero attached hydrogens (tertiary/aromatic N) is 1. The van der Waals surface area contributed by atoms with Gasteiger partial charge in [0.15, 0.2) is 0 Å². The second kappa shape index (κ2) is 16.4. The molecule has 13 rings (SSSR count). The molecule has 2 heteroatoms. The third-order valence-electron chi connectivity index (χ3n) is 15.4. The Kier molecular flexibility index (Phi) is 9.75. The molecule has 8 aromatic rings. The van der Waals surface area contributed by atoms with Crippen molar-refractivity contribution in [2.75, 3.05) is 10.2 Å². The van der Waals surface area contributed by atoms with Gasteiger partial charge in [-0.05, 0) is 170 Å². The van der Waals surface area contributed by atoms with Crippen LogP contribution in [0.2, 0.25) is 0 Å². The number of anilines is 5. The summed E-state index contributed by atoms with van der Waals surface area (Å²) in [6.45, 7) is 2.33. The molecule has 5 aliphatic rings. The van der Waals surface area contributed by atoms with Crippen molar-refractivity contribution >= 4 is 40.1 Å². The van der Waals surface area contributed by atoms with Crippen LogP contribution in [0.4, 0.5) is 28.4 Å². The van der Waals surface area contributed by atoms with Crippen molar-refractivity contribution in [2.24, 2.45) is 5.92 Å². The van der Waals surface area contributed by atoms with Crippen LogP contribution in [0.5, 0.6) is 0 Å². The number of rotatable bonds is 8. The van der Waals surface area contributed by atoms with Crippen molar-refractivity contribution in [3.63, 3.8) is 0 Å². The first-order valence-electron chi connectivity index (χ1n) is 24.5. The highest BCUT2D eigenvalue weighted by Gasteiger charge is 2.52. The van der Waals surface area contributed by atoms with Crippen molar-refractivity contribution in [1.29, 1.82) is 0 Å². The van der Waals surface area contributed by atoms with E-state index >= 15 is 0 Å². The fourth-order valence-electron chi connectivity index (χ4n) is 12.2. The smallest absolute Gasteiger partial charge is 0.0689 e. The third-order valence-corrected chi connectivity index (χ3v) is 15.4. The molecule has 0 amide bonds. The predicted octanol–water partition coefficient (Wildman–Crippen LogP) is 17.5. The molecule has 0 heterocycles. The molecule has 3 unspecified atom stereocenters. The lowest BCUT2D eigenvalue weighted by atomic mass is 9.68. The molecular weight excluding hydrogens is 821 g/mol. The van der Waals surface area contributed by atoms with Crippen molar-refractivity contribution in [2.45, 2.75) is 43.9 Å². The van der Waals surface area contributed by atoms with Gasteiger partial charge in [-0.1, -0.05) is 183 Å². The molecule has 0 saturated carbocycles. The Labute approximate surface area is 400 Å². The summed E-state index contributed by atoms with van der Waals surface area (Å²) in [5.74, 6) is 0.756. The van der Waals surface area contributed by atoms with Gasteiger partial charge in [0.2, 0.25) is 0 Å². The summed E-state index contributed by atoms with van der Waals surface area (Å²) in [6, 6.07) is 68.0. The monoisotopic (exact) mass is 872 g/mol. The van der Waals surface area contributed by atoms with E-state index < -0.39 is 0 Å². The molecule has 8 aromatic carbocycles. The van der Waals surface area contributed by atoms with Crippen LogP contribution in [-0.2, 0) is 11.8 Å². The topological polar surface area (TPSA) is 15.3 Å². The zero-order valence-electron chi connectivity index (χ0n) is 38.4. The van der Waals surface area contributed by atoms with Gasteiger partial charge < -0.3 is 10.2 Å². The summed E-state index contributed by atoms with van der Waals surface area (Å²) in [6.07, 6.45) is 22.8. The second-order valence-corrected chi connectivity index (χ2v) is 19.1. The van der Waals surface area contributed by atoms with E-state index in [9.17, 15) is 0 Å². The Morgan fingerprint density at radius 2 is 1.09 bits per heavy atom. The summed E-state index contributed by atoms with van der Waals surface area (Å²) in [5.41, 5.74) is 25.5. The molecule has 0 radical (unpaired) electrons. The van der Waals surface area contributed by atoms with E-state index in [-0.39, 0.29) is 5.41 Å². The van der Waals surface area contributed by atoms with Gasteiger partial charge in [-0.25, -0.2) is 0 Å². The molecule has 5 aliphatic carbocycles. The van der Waals surface area contributed by atoms with Crippen molar-refractivity contribution in [3.05, 3.63) is 269 Å². The molecule has 1 spiro atoms. The Balaban J connectivity index is 0.876. The van der Waals surface area contributed by atoms with Crippen LogP contribution in [-0.4, -0.2) is 0 Å². The summed E-state index contributed by atoms with van der Waals surface area (Å²) >= 11 is 0. The largest absolute Gasteiger partial charge is 0.355 e. The highest BCUT2D eigenvalue weighted by Crippen LogP contribution is 2.64. The van der Waals surface area contributed by atoms with E-state index in [1.165, 1.54) is 89.2 Å². The van der Waals surface area contributed by atoms with Gasteiger partial charge in [0, 0.05) is 34.4 Å². The fraction of sp³-hybridized carbons (Fsp3) is 0.121. The van der Waals surface area contributed by atoms with E-state index in [2.05, 4.69) is 248 Å². The summed E-state index contributed by atoms with van der Waals surface area (Å²) in [5, 5.41) is 3.85. The number of aryl methyl sites for hydroxylation is 1. The van der Waals surface area contributed by atoms with Gasteiger partial charge in [0.05, 0.1) is 5.41 Å². The lowest BCUT2D eigenvalue weighted by Gasteiger charge is -2.34. The lowest BCUT2D eigenvalue weighted by Crippen LogP contribution is -2.28. The van der Waals surface area contributed by atoms with Crippen LogP contribution in [0.1, 0.15) is 71.0 Å². The average Bonchev–Trinajstić information content (AvgIpc) is 3.87. The molecule has 2 nitrogen and oxygen atoms in total. The molecule has 0 saturated heterocycles. The zero-order valence-corrected chi connectivity index (χ0v) is 38.4. The van der Waals surface area contributed by atoms with E-state index in [1.54, 1.807) is 0 Å². The number of nitrogens with one attached hydrogen (secondary N) is 1. The van der Waals surface area contributed by atoms with Crippen LogP contribution in [0.25, 0.3) is 45.0 Å². The number of hydrogen-bond acceptors (Lipinski definition) is 2. The summed E-state index contributed by atoms with van der Waals surface area (Å²) in [4.78, 5) is 2.45. The standard InChI is InChI=1S/C66H52N2/c1-44-15-5-7-19-54(44)65-55-20-8-6-18-49(55)33-42-64(65)67-50-34-27-46(28-35-50)48-31-38-52(39-32-48)68(51-36-29-47(30-37-51)45-16-3-2-4-17-45)53-40-41-59-58-23-11-14-26-62(58)66(63(59)43-53)60-24-12-9-21-56(60)57-22-10-13-25-61(57)66/h2-5,7-12,14-17,19-24,26-44,54,67H,6,13,18,25H2,1H3. The maximum absolute atomic E-state index is 3.85. The molecule has 0 fully saturated rings. The molecule has 1 N–H and O–H groups in total. The SMILES string of the molecule is CC1C=CC=CC1c1c(Nc2ccc(-c3ccc(N(c4ccc(-c5ccccc5)cc4)c4ccc5c(c4)C4(C6=C(C=CCC6)c6ccccc64)c4ccccc4-5)cc3)cc2)ccc2c1C=CCC2. The number of benzene rings is 8. The van der Waals surface area contributed by atoms with Gasteiger partial charge in [-0.15, -0.1) is 0 Å². The van der Waals surface area contributed by atoms with Gasteiger partial charge in [-0.2, -0.15) is 0 Å². The molecule has 0 bridgehead atoms. The number of fused-ring (bicyclic) bond motifs is 10. The first kappa shape index (κ1) is 40.3. The first-order chi connectivity index (χ1) is 33.6. The molecular formula is C66H52N2.